The van der Waals surface area contributed by atoms with Gasteiger partial charge in [-0.25, -0.2) is 0 Å². The van der Waals surface area contributed by atoms with E-state index >= 15 is 0 Å². The number of anilines is 1. The third-order valence-electron chi connectivity index (χ3n) is 4.54. The van der Waals surface area contributed by atoms with Gasteiger partial charge in [0, 0.05) is 18.3 Å². The van der Waals surface area contributed by atoms with E-state index in [1.54, 1.807) is 7.11 Å². The molecular weight excluding hydrogens is 252 g/mol. The van der Waals surface area contributed by atoms with E-state index < -0.39 is 0 Å². The summed E-state index contributed by atoms with van der Waals surface area (Å²) in [4.78, 5) is 9.08. The molecule has 5 heteroatoms. The molecule has 2 atom stereocenters. The topological polar surface area (TPSA) is 54.1 Å². The van der Waals surface area contributed by atoms with Gasteiger partial charge in [0.1, 0.15) is 5.75 Å². The molecule has 1 saturated heterocycles. The van der Waals surface area contributed by atoms with Crippen molar-refractivity contribution in [3.63, 3.8) is 0 Å². The Labute approximate surface area is 120 Å². The van der Waals surface area contributed by atoms with Gasteiger partial charge in [0.05, 0.1) is 19.2 Å². The van der Waals surface area contributed by atoms with Crippen molar-refractivity contribution in [3.05, 3.63) is 24.3 Å². The highest BCUT2D eigenvalue weighted by atomic mass is 16.5. The quantitative estimate of drug-likeness (QED) is 0.883. The Balaban J connectivity index is 1.94. The van der Waals surface area contributed by atoms with Crippen LogP contribution in [0.25, 0.3) is 0 Å². The zero-order valence-corrected chi connectivity index (χ0v) is 12.3. The lowest BCUT2D eigenvalue weighted by Crippen LogP contribution is -2.53. The van der Waals surface area contributed by atoms with Crippen LogP contribution in [0.5, 0.6) is 5.75 Å². The molecule has 1 spiro atoms. The van der Waals surface area contributed by atoms with Gasteiger partial charge in [0.2, 0.25) is 0 Å². The summed E-state index contributed by atoms with van der Waals surface area (Å²) in [5, 5.41) is 0. The van der Waals surface area contributed by atoms with Crippen molar-refractivity contribution in [2.24, 2.45) is 10.7 Å². The van der Waals surface area contributed by atoms with Crippen molar-refractivity contribution in [1.29, 1.82) is 0 Å². The smallest absolute Gasteiger partial charge is 0.196 e. The normalized spacial score (nSPS) is 30.1. The molecule has 2 unspecified atom stereocenters. The van der Waals surface area contributed by atoms with Crippen LogP contribution in [0.3, 0.4) is 0 Å². The van der Waals surface area contributed by atoms with E-state index in [2.05, 4.69) is 40.9 Å². The summed E-state index contributed by atoms with van der Waals surface area (Å²) in [5.74, 6) is 1.48. The number of hydrogen-bond donors (Lipinski definition) is 1. The summed E-state index contributed by atoms with van der Waals surface area (Å²) in [6, 6.07) is 8.60. The number of methoxy groups -OCH3 is 1. The molecule has 0 bridgehead atoms. The van der Waals surface area contributed by atoms with Crippen LogP contribution in [-0.4, -0.2) is 49.7 Å². The molecule has 20 heavy (non-hydrogen) atoms. The SMILES string of the molecule is COc1ccc(N2C(N)=NCC23CC(C)N(C)C3)cc1. The summed E-state index contributed by atoms with van der Waals surface area (Å²) in [5.41, 5.74) is 7.25. The first-order valence-electron chi connectivity index (χ1n) is 7.00. The first-order valence-corrected chi connectivity index (χ1v) is 7.00. The molecule has 108 valence electrons. The van der Waals surface area contributed by atoms with Gasteiger partial charge in [0.25, 0.3) is 0 Å². The van der Waals surface area contributed by atoms with Crippen molar-refractivity contribution in [2.45, 2.75) is 24.9 Å². The third kappa shape index (κ3) is 1.93. The van der Waals surface area contributed by atoms with Crippen molar-refractivity contribution in [1.82, 2.24) is 4.90 Å². The van der Waals surface area contributed by atoms with Crippen LogP contribution in [-0.2, 0) is 0 Å². The minimum atomic E-state index is 0.00678. The van der Waals surface area contributed by atoms with Crippen LogP contribution in [0.4, 0.5) is 5.69 Å². The van der Waals surface area contributed by atoms with Crippen LogP contribution in [0.2, 0.25) is 0 Å². The number of likely N-dealkylation sites (N-methyl/N-ethyl adjacent to an activating group) is 1. The largest absolute Gasteiger partial charge is 0.497 e. The summed E-state index contributed by atoms with van der Waals surface area (Å²) in [6.07, 6.45) is 1.08. The molecule has 3 rings (SSSR count). The summed E-state index contributed by atoms with van der Waals surface area (Å²) in [7, 11) is 3.84. The molecule has 0 radical (unpaired) electrons. The lowest BCUT2D eigenvalue weighted by atomic mass is 9.94. The van der Waals surface area contributed by atoms with Crippen molar-refractivity contribution in [2.75, 3.05) is 32.1 Å². The minimum absolute atomic E-state index is 0.00678. The second-order valence-electron chi connectivity index (χ2n) is 5.90. The monoisotopic (exact) mass is 274 g/mol. The Morgan fingerprint density at radius 2 is 2.05 bits per heavy atom. The number of aliphatic imine (C=N–C) groups is 1. The molecule has 0 aliphatic carbocycles. The lowest BCUT2D eigenvalue weighted by molar-refractivity contribution is 0.322. The number of nitrogens with zero attached hydrogens (tertiary/aromatic N) is 3. The van der Waals surface area contributed by atoms with Crippen LogP contribution in [0, 0.1) is 0 Å². The number of benzene rings is 1. The molecular formula is C15H22N4O. The number of rotatable bonds is 2. The Kier molecular flexibility index (Phi) is 3.09. The Bertz CT molecular complexity index is 515. The molecule has 1 fully saturated rings. The number of hydrogen-bond acceptors (Lipinski definition) is 5. The summed E-state index contributed by atoms with van der Waals surface area (Å²) < 4.78 is 5.22. The molecule has 1 aromatic rings. The van der Waals surface area contributed by atoms with E-state index in [0.717, 1.165) is 30.9 Å². The predicted molar refractivity (Wildman–Crippen MR) is 81.4 cm³/mol. The standard InChI is InChI=1S/C15H22N4O/c1-11-8-15(10-18(11)2)9-17-14(16)19(15)12-4-6-13(20-3)7-5-12/h4-7,11H,8-10H2,1-3H3,(H2,16,17). The summed E-state index contributed by atoms with van der Waals surface area (Å²) >= 11 is 0. The fourth-order valence-electron chi connectivity index (χ4n) is 3.42. The van der Waals surface area contributed by atoms with E-state index in [1.165, 1.54) is 0 Å². The van der Waals surface area contributed by atoms with E-state index in [-0.39, 0.29) is 5.54 Å². The number of guanidine groups is 1. The van der Waals surface area contributed by atoms with Gasteiger partial charge in [-0.1, -0.05) is 0 Å². The Morgan fingerprint density at radius 1 is 1.35 bits per heavy atom. The van der Waals surface area contributed by atoms with E-state index in [9.17, 15) is 0 Å². The van der Waals surface area contributed by atoms with E-state index in [4.69, 9.17) is 10.5 Å². The average Bonchev–Trinajstić information content (AvgIpc) is 2.90. The van der Waals surface area contributed by atoms with Crippen molar-refractivity contribution in [3.8, 4) is 5.75 Å². The molecule has 2 aliphatic heterocycles. The lowest BCUT2D eigenvalue weighted by Gasteiger charge is -2.36. The molecule has 2 aliphatic rings. The molecule has 2 N–H and O–H groups in total. The highest BCUT2D eigenvalue weighted by Crippen LogP contribution is 2.38. The fourth-order valence-corrected chi connectivity index (χ4v) is 3.42. The van der Waals surface area contributed by atoms with E-state index in [1.807, 2.05) is 12.1 Å². The molecule has 5 nitrogen and oxygen atoms in total. The first kappa shape index (κ1) is 13.2. The van der Waals surface area contributed by atoms with Gasteiger partial charge in [-0.15, -0.1) is 0 Å². The van der Waals surface area contributed by atoms with Crippen LogP contribution < -0.4 is 15.4 Å². The predicted octanol–water partition coefficient (Wildman–Crippen LogP) is 1.29. The van der Waals surface area contributed by atoms with Crippen LogP contribution >= 0.6 is 0 Å². The maximum atomic E-state index is 6.15. The van der Waals surface area contributed by atoms with Crippen molar-refractivity contribution < 1.29 is 4.74 Å². The van der Waals surface area contributed by atoms with Gasteiger partial charge >= 0.3 is 0 Å². The van der Waals surface area contributed by atoms with Crippen LogP contribution in [0.1, 0.15) is 13.3 Å². The van der Waals surface area contributed by atoms with E-state index in [0.29, 0.717) is 12.0 Å². The fraction of sp³-hybridized carbons (Fsp3) is 0.533. The van der Waals surface area contributed by atoms with Gasteiger partial charge in [-0.3, -0.25) is 4.99 Å². The summed E-state index contributed by atoms with van der Waals surface area (Å²) in [6.45, 7) is 4.03. The third-order valence-corrected chi connectivity index (χ3v) is 4.54. The molecule has 1 aromatic carbocycles. The zero-order valence-electron chi connectivity index (χ0n) is 12.3. The first-order chi connectivity index (χ1) is 9.55. The highest BCUT2D eigenvalue weighted by molar-refractivity contribution is 5.98. The zero-order chi connectivity index (χ0) is 14.3. The average molecular weight is 274 g/mol. The Morgan fingerprint density at radius 3 is 2.60 bits per heavy atom. The van der Waals surface area contributed by atoms with Crippen LogP contribution in [0.15, 0.2) is 29.3 Å². The van der Waals surface area contributed by atoms with Gasteiger partial charge in [-0.05, 0) is 44.7 Å². The molecule has 2 heterocycles. The van der Waals surface area contributed by atoms with Gasteiger partial charge in [0.15, 0.2) is 5.96 Å². The number of likely N-dealkylation sites (tertiary alicyclic amines) is 1. The Hall–Kier alpha value is -1.75. The highest BCUT2D eigenvalue weighted by Gasteiger charge is 2.49. The number of nitrogens with two attached hydrogens (primary N) is 1. The van der Waals surface area contributed by atoms with Gasteiger partial charge < -0.3 is 20.3 Å². The maximum Gasteiger partial charge on any atom is 0.196 e. The van der Waals surface area contributed by atoms with Gasteiger partial charge in [-0.2, -0.15) is 0 Å². The number of ether oxygens (including phenoxy) is 1. The second kappa shape index (κ2) is 4.66. The maximum absolute atomic E-state index is 6.15. The van der Waals surface area contributed by atoms with Crippen molar-refractivity contribution >= 4 is 11.6 Å². The minimum Gasteiger partial charge on any atom is -0.497 e. The second-order valence-corrected chi connectivity index (χ2v) is 5.90. The molecule has 0 amide bonds. The molecule has 0 saturated carbocycles. The molecule has 0 aromatic heterocycles.